The van der Waals surface area contributed by atoms with Gasteiger partial charge in [0.1, 0.15) is 11.5 Å². The molecule has 2 heterocycles. The summed E-state index contributed by atoms with van der Waals surface area (Å²) in [5, 5.41) is 2.73. The Balaban J connectivity index is 2.08. The van der Waals surface area contributed by atoms with Crippen LogP contribution in [0.1, 0.15) is 29.4 Å². The lowest BCUT2D eigenvalue weighted by Gasteiger charge is -2.10. The highest BCUT2D eigenvalue weighted by Crippen LogP contribution is 2.29. The second-order valence-corrected chi connectivity index (χ2v) is 6.46. The number of aryl methyl sites for hydroxylation is 2. The lowest BCUT2D eigenvalue weighted by Crippen LogP contribution is -2.32. The van der Waals surface area contributed by atoms with E-state index in [1.165, 1.54) is 0 Å². The van der Waals surface area contributed by atoms with Crippen molar-refractivity contribution in [3.8, 4) is 23.0 Å². The predicted octanol–water partition coefficient (Wildman–Crippen LogP) is 3.38. The third-order valence-electron chi connectivity index (χ3n) is 4.20. The van der Waals surface area contributed by atoms with E-state index in [2.05, 4.69) is 27.1 Å². The van der Waals surface area contributed by atoms with Gasteiger partial charge in [-0.15, -0.1) is 0 Å². The zero-order valence-electron chi connectivity index (χ0n) is 15.6. The van der Waals surface area contributed by atoms with Gasteiger partial charge in [-0.3, -0.25) is 4.79 Å². The molecule has 0 spiro atoms. The van der Waals surface area contributed by atoms with Crippen LogP contribution in [0.15, 0.2) is 48.7 Å². The highest BCUT2D eigenvalue weighted by Gasteiger charge is 2.14. The maximum absolute atomic E-state index is 11.9. The van der Waals surface area contributed by atoms with Crippen LogP contribution in [0.2, 0.25) is 0 Å². The van der Waals surface area contributed by atoms with E-state index in [0.29, 0.717) is 11.5 Å². The predicted molar refractivity (Wildman–Crippen MR) is 108 cm³/mol. The van der Waals surface area contributed by atoms with Gasteiger partial charge < -0.3 is 16.0 Å². The smallest absolute Gasteiger partial charge is 0.242 e. The molecule has 27 heavy (non-hydrogen) atoms. The molecule has 1 aromatic carbocycles. The first-order valence-corrected chi connectivity index (χ1v) is 8.75. The first kappa shape index (κ1) is 18.4. The minimum Gasteiger partial charge on any atom is -0.364 e. The van der Waals surface area contributed by atoms with Crippen LogP contribution in [0.25, 0.3) is 11.1 Å². The molecule has 3 rings (SSSR count). The van der Waals surface area contributed by atoms with Crippen LogP contribution in [0.5, 0.6) is 0 Å². The second kappa shape index (κ2) is 7.90. The number of nitrogens with zero attached hydrogens (tertiary/aromatic N) is 1. The van der Waals surface area contributed by atoms with E-state index in [9.17, 15) is 4.79 Å². The van der Waals surface area contributed by atoms with Gasteiger partial charge in [-0.2, -0.15) is 0 Å². The average molecular weight is 358 g/mol. The van der Waals surface area contributed by atoms with Crippen LogP contribution in [0.4, 0.5) is 5.82 Å². The number of nitrogens with one attached hydrogen (secondary N) is 2. The summed E-state index contributed by atoms with van der Waals surface area (Å²) < 4.78 is 0. The lowest BCUT2D eigenvalue weighted by atomic mass is 10.0. The van der Waals surface area contributed by atoms with Crippen molar-refractivity contribution in [2.24, 2.45) is 5.73 Å². The fourth-order valence-corrected chi connectivity index (χ4v) is 2.79. The van der Waals surface area contributed by atoms with E-state index >= 15 is 0 Å². The number of pyridine rings is 1. The molecular weight excluding hydrogens is 336 g/mol. The highest BCUT2D eigenvalue weighted by molar-refractivity contribution is 5.94. The maximum atomic E-state index is 11.9. The van der Waals surface area contributed by atoms with Gasteiger partial charge in [0.2, 0.25) is 5.91 Å². The van der Waals surface area contributed by atoms with Gasteiger partial charge in [0.05, 0.1) is 6.04 Å². The van der Waals surface area contributed by atoms with Crippen LogP contribution in [-0.4, -0.2) is 21.9 Å². The largest absolute Gasteiger partial charge is 0.364 e. The lowest BCUT2D eigenvalue weighted by molar-refractivity contribution is -0.117. The van der Waals surface area contributed by atoms with E-state index < -0.39 is 6.04 Å². The topological polar surface area (TPSA) is 83.8 Å². The zero-order valence-corrected chi connectivity index (χ0v) is 15.6. The summed E-state index contributed by atoms with van der Waals surface area (Å²) in [6.07, 6.45) is 1.96. The summed E-state index contributed by atoms with van der Waals surface area (Å²) in [5.41, 5.74) is 11.3. The van der Waals surface area contributed by atoms with Crippen molar-refractivity contribution in [3.05, 3.63) is 71.2 Å². The minimum absolute atomic E-state index is 0.286. The number of anilines is 1. The first-order valence-electron chi connectivity index (χ1n) is 8.75. The average Bonchev–Trinajstić information content (AvgIpc) is 2.99. The van der Waals surface area contributed by atoms with Gasteiger partial charge >= 0.3 is 0 Å². The molecule has 0 aliphatic heterocycles. The Morgan fingerprint density at radius 3 is 2.52 bits per heavy atom. The van der Waals surface area contributed by atoms with Crippen LogP contribution in [-0.2, 0) is 4.79 Å². The van der Waals surface area contributed by atoms with E-state index in [1.54, 1.807) is 13.0 Å². The Labute approximate surface area is 159 Å². The van der Waals surface area contributed by atoms with Crippen molar-refractivity contribution in [2.45, 2.75) is 26.8 Å². The molecule has 1 atom stereocenters. The SMILES string of the molecule is Cc1c[nH]c(C)c1-c1ccc(NC(=O)C(C)N)nc1C#Cc1ccccc1. The number of nitrogens with two attached hydrogens (primary N) is 1. The van der Waals surface area contributed by atoms with Crippen molar-refractivity contribution in [1.82, 2.24) is 9.97 Å². The van der Waals surface area contributed by atoms with Gasteiger partial charge in [0, 0.05) is 28.6 Å². The molecule has 5 heteroatoms. The fraction of sp³-hybridized carbons (Fsp3) is 0.182. The van der Waals surface area contributed by atoms with Crippen molar-refractivity contribution in [2.75, 3.05) is 5.32 Å². The number of benzene rings is 1. The number of amides is 1. The Kier molecular flexibility index (Phi) is 5.39. The number of aromatic nitrogens is 2. The van der Waals surface area contributed by atoms with E-state index in [-0.39, 0.29) is 5.91 Å². The quantitative estimate of drug-likeness (QED) is 0.628. The highest BCUT2D eigenvalue weighted by atomic mass is 16.2. The molecule has 0 aliphatic carbocycles. The van der Waals surface area contributed by atoms with Crippen LogP contribution >= 0.6 is 0 Å². The third-order valence-corrected chi connectivity index (χ3v) is 4.20. The Hall–Kier alpha value is -3.36. The maximum Gasteiger partial charge on any atom is 0.242 e. The first-order chi connectivity index (χ1) is 13.0. The Bertz CT molecular complexity index is 1000. The number of H-pyrrole nitrogens is 1. The van der Waals surface area contributed by atoms with E-state index in [1.807, 2.05) is 56.4 Å². The van der Waals surface area contributed by atoms with Gasteiger partial charge in [-0.05, 0) is 56.5 Å². The van der Waals surface area contributed by atoms with Crippen LogP contribution < -0.4 is 11.1 Å². The molecule has 0 aliphatic rings. The summed E-state index contributed by atoms with van der Waals surface area (Å²) in [6.45, 7) is 5.69. The van der Waals surface area contributed by atoms with Crippen LogP contribution in [0, 0.1) is 25.7 Å². The van der Waals surface area contributed by atoms with Crippen molar-refractivity contribution < 1.29 is 4.79 Å². The molecule has 2 aromatic heterocycles. The van der Waals surface area contributed by atoms with Crippen molar-refractivity contribution >= 4 is 11.7 Å². The molecule has 4 N–H and O–H groups in total. The molecule has 0 saturated carbocycles. The Morgan fingerprint density at radius 1 is 1.15 bits per heavy atom. The summed E-state index contributed by atoms with van der Waals surface area (Å²) in [5.74, 6) is 6.45. The molecule has 136 valence electrons. The van der Waals surface area contributed by atoms with E-state index in [0.717, 1.165) is 27.9 Å². The van der Waals surface area contributed by atoms with Gasteiger partial charge in [-0.25, -0.2) is 4.98 Å². The number of carbonyl (C=O) groups is 1. The number of hydrogen-bond acceptors (Lipinski definition) is 3. The van der Waals surface area contributed by atoms with Crippen molar-refractivity contribution in [1.29, 1.82) is 0 Å². The fourth-order valence-electron chi connectivity index (χ4n) is 2.79. The van der Waals surface area contributed by atoms with Gasteiger partial charge in [-0.1, -0.05) is 24.1 Å². The number of aromatic amines is 1. The number of rotatable bonds is 3. The molecule has 0 bridgehead atoms. The standard InChI is InChI=1S/C22H22N4O/c1-14-13-24-16(3)21(14)18-10-12-20(26-22(27)15(2)23)25-19(18)11-9-17-7-5-4-6-8-17/h4-8,10,12-13,15,24H,23H2,1-3H3,(H,25,26,27). The summed E-state index contributed by atoms with van der Waals surface area (Å²) in [4.78, 5) is 19.7. The zero-order chi connectivity index (χ0) is 19.4. The molecule has 1 unspecified atom stereocenters. The minimum atomic E-state index is -0.612. The molecule has 1 amide bonds. The molecule has 0 radical (unpaired) electrons. The van der Waals surface area contributed by atoms with Gasteiger partial charge in [0.15, 0.2) is 0 Å². The molecule has 3 aromatic rings. The van der Waals surface area contributed by atoms with Crippen molar-refractivity contribution in [3.63, 3.8) is 0 Å². The summed E-state index contributed by atoms with van der Waals surface area (Å²) >= 11 is 0. The number of carbonyl (C=O) groups excluding carboxylic acids is 1. The van der Waals surface area contributed by atoms with E-state index in [4.69, 9.17) is 5.73 Å². The third kappa shape index (κ3) is 4.25. The molecule has 0 fully saturated rings. The number of hydrogen-bond donors (Lipinski definition) is 3. The van der Waals surface area contributed by atoms with Crippen LogP contribution in [0.3, 0.4) is 0 Å². The summed E-state index contributed by atoms with van der Waals surface area (Å²) in [7, 11) is 0. The second-order valence-electron chi connectivity index (χ2n) is 6.46. The summed E-state index contributed by atoms with van der Waals surface area (Å²) in [6, 6.07) is 12.8. The Morgan fingerprint density at radius 2 is 1.89 bits per heavy atom. The monoisotopic (exact) mass is 358 g/mol. The van der Waals surface area contributed by atoms with Gasteiger partial charge in [0.25, 0.3) is 0 Å². The molecule has 0 saturated heterocycles. The molecule has 5 nitrogen and oxygen atoms in total. The molecular formula is C22H22N4O. The normalized spacial score (nSPS) is 11.4.